The Morgan fingerprint density at radius 2 is 2.00 bits per heavy atom. The fourth-order valence-corrected chi connectivity index (χ4v) is 2.93. The van der Waals surface area contributed by atoms with Crippen molar-refractivity contribution in [1.29, 1.82) is 0 Å². The summed E-state index contributed by atoms with van der Waals surface area (Å²) in [4.78, 5) is 0. The molecule has 0 heterocycles. The van der Waals surface area contributed by atoms with Crippen molar-refractivity contribution in [2.75, 3.05) is 0 Å². The van der Waals surface area contributed by atoms with E-state index in [1.165, 1.54) is 32.1 Å². The van der Waals surface area contributed by atoms with Crippen LogP contribution in [0.5, 0.6) is 0 Å². The maximum atomic E-state index is 10.0. The number of rotatable bonds is 1. The van der Waals surface area contributed by atoms with E-state index in [4.69, 9.17) is 0 Å². The molecule has 0 aromatic rings. The molecule has 0 saturated heterocycles. The van der Waals surface area contributed by atoms with Gasteiger partial charge in [0.25, 0.3) is 0 Å². The average Bonchev–Trinajstić information content (AvgIpc) is 2.26. The topological polar surface area (TPSA) is 20.2 Å². The van der Waals surface area contributed by atoms with Crippen LogP contribution in [0.2, 0.25) is 0 Å². The van der Waals surface area contributed by atoms with Gasteiger partial charge in [0.1, 0.15) is 0 Å². The van der Waals surface area contributed by atoms with Crippen LogP contribution >= 0.6 is 0 Å². The summed E-state index contributed by atoms with van der Waals surface area (Å²) in [5.74, 6) is 1.34. The Morgan fingerprint density at radius 1 is 1.25 bits per heavy atom. The minimum atomic E-state index is -0.491. The van der Waals surface area contributed by atoms with Gasteiger partial charge in [-0.05, 0) is 31.1 Å². The lowest BCUT2D eigenvalue weighted by molar-refractivity contribution is -0.103. The van der Waals surface area contributed by atoms with Gasteiger partial charge in [-0.15, -0.1) is 6.58 Å². The Kier molecular flexibility index (Phi) is 1.99. The molecule has 2 saturated carbocycles. The highest BCUT2D eigenvalue weighted by atomic mass is 16.3. The molecule has 2 rings (SSSR count). The molecule has 0 aromatic heterocycles. The van der Waals surface area contributed by atoms with Crippen molar-refractivity contribution >= 4 is 0 Å². The summed E-state index contributed by atoms with van der Waals surface area (Å²) in [7, 11) is 0. The van der Waals surface area contributed by atoms with Crippen LogP contribution in [0.15, 0.2) is 12.7 Å². The summed E-state index contributed by atoms with van der Waals surface area (Å²) < 4.78 is 0. The third kappa shape index (κ3) is 1.11. The van der Waals surface area contributed by atoms with Crippen LogP contribution in [0.3, 0.4) is 0 Å². The van der Waals surface area contributed by atoms with Gasteiger partial charge in [0, 0.05) is 0 Å². The first kappa shape index (κ1) is 8.31. The molecule has 0 bridgehead atoms. The van der Waals surface area contributed by atoms with Gasteiger partial charge in [0.15, 0.2) is 0 Å². The Bertz CT molecular complexity index is 187. The predicted octanol–water partition coefficient (Wildman–Crippen LogP) is 2.50. The lowest BCUT2D eigenvalue weighted by Gasteiger charge is -2.50. The second kappa shape index (κ2) is 2.88. The SMILES string of the molecule is C=C[C@@]1(O)C[C@@H]2CCCCC[C@@H]21. The highest BCUT2D eigenvalue weighted by molar-refractivity contribution is 5.11. The van der Waals surface area contributed by atoms with Gasteiger partial charge in [-0.25, -0.2) is 0 Å². The van der Waals surface area contributed by atoms with Gasteiger partial charge < -0.3 is 5.11 Å². The molecule has 0 unspecified atom stereocenters. The third-order valence-electron chi connectivity index (χ3n) is 3.74. The number of hydrogen-bond donors (Lipinski definition) is 1. The summed E-state index contributed by atoms with van der Waals surface area (Å²) in [5.41, 5.74) is -0.491. The number of hydrogen-bond acceptors (Lipinski definition) is 1. The van der Waals surface area contributed by atoms with Crippen LogP contribution in [-0.4, -0.2) is 10.7 Å². The maximum absolute atomic E-state index is 10.0. The van der Waals surface area contributed by atoms with E-state index in [1.807, 2.05) is 0 Å². The van der Waals surface area contributed by atoms with E-state index in [9.17, 15) is 5.11 Å². The molecule has 2 aliphatic rings. The molecule has 2 fully saturated rings. The number of fused-ring (bicyclic) bond motifs is 1. The zero-order valence-corrected chi connectivity index (χ0v) is 7.63. The minimum Gasteiger partial charge on any atom is -0.385 e. The van der Waals surface area contributed by atoms with Crippen LogP contribution in [0.4, 0.5) is 0 Å². The second-order valence-electron chi connectivity index (χ2n) is 4.40. The van der Waals surface area contributed by atoms with Gasteiger partial charge >= 0.3 is 0 Å². The molecular weight excluding hydrogens is 148 g/mol. The van der Waals surface area contributed by atoms with Crippen molar-refractivity contribution in [1.82, 2.24) is 0 Å². The Labute approximate surface area is 74.5 Å². The van der Waals surface area contributed by atoms with E-state index < -0.39 is 5.60 Å². The fraction of sp³-hybridized carbons (Fsp3) is 0.818. The molecule has 3 atom stereocenters. The molecule has 1 heteroatoms. The molecule has 0 spiro atoms. The van der Waals surface area contributed by atoms with Crippen molar-refractivity contribution in [2.24, 2.45) is 11.8 Å². The first-order valence-corrected chi connectivity index (χ1v) is 5.12. The summed E-state index contributed by atoms with van der Waals surface area (Å²) in [5, 5.41) is 10.0. The summed E-state index contributed by atoms with van der Waals surface area (Å²) in [6, 6.07) is 0. The lowest BCUT2D eigenvalue weighted by Crippen LogP contribution is -2.51. The van der Waals surface area contributed by atoms with Gasteiger partial charge in [0.2, 0.25) is 0 Å². The fourth-order valence-electron chi connectivity index (χ4n) is 2.93. The summed E-state index contributed by atoms with van der Waals surface area (Å²) >= 11 is 0. The highest BCUT2D eigenvalue weighted by Gasteiger charge is 2.50. The van der Waals surface area contributed by atoms with Crippen LogP contribution in [-0.2, 0) is 0 Å². The van der Waals surface area contributed by atoms with Gasteiger partial charge in [-0.3, -0.25) is 0 Å². The average molecular weight is 166 g/mol. The Hall–Kier alpha value is -0.300. The first-order chi connectivity index (χ1) is 5.76. The monoisotopic (exact) mass is 166 g/mol. The first-order valence-electron chi connectivity index (χ1n) is 5.12. The molecule has 68 valence electrons. The lowest BCUT2D eigenvalue weighted by atomic mass is 9.59. The molecule has 0 radical (unpaired) electrons. The second-order valence-corrected chi connectivity index (χ2v) is 4.40. The van der Waals surface area contributed by atoms with Crippen molar-refractivity contribution < 1.29 is 5.11 Å². The minimum absolute atomic E-state index is 0.491. The number of aliphatic hydroxyl groups is 1. The van der Waals surface area contributed by atoms with Crippen molar-refractivity contribution in [3.05, 3.63) is 12.7 Å². The molecule has 1 N–H and O–H groups in total. The summed E-state index contributed by atoms with van der Waals surface area (Å²) in [6.45, 7) is 3.73. The standard InChI is InChI=1S/C11H18O/c1-2-11(12)8-9-6-4-3-5-7-10(9)11/h2,9-10,12H,1,3-8H2/t9-,10-,11+/m0/s1. The normalized spacial score (nSPS) is 47.1. The van der Waals surface area contributed by atoms with Crippen LogP contribution in [0.1, 0.15) is 38.5 Å². The summed E-state index contributed by atoms with van der Waals surface area (Å²) in [6.07, 6.45) is 9.32. The Morgan fingerprint density at radius 3 is 2.75 bits per heavy atom. The largest absolute Gasteiger partial charge is 0.385 e. The van der Waals surface area contributed by atoms with E-state index in [0.717, 1.165) is 12.3 Å². The maximum Gasteiger partial charge on any atom is 0.0858 e. The van der Waals surface area contributed by atoms with Gasteiger partial charge in [-0.1, -0.05) is 25.3 Å². The molecule has 1 nitrogen and oxygen atoms in total. The van der Waals surface area contributed by atoms with E-state index >= 15 is 0 Å². The van der Waals surface area contributed by atoms with Crippen LogP contribution in [0, 0.1) is 11.8 Å². The quantitative estimate of drug-likeness (QED) is 0.593. The van der Waals surface area contributed by atoms with Crippen LogP contribution in [0.25, 0.3) is 0 Å². The molecule has 0 aliphatic heterocycles. The van der Waals surface area contributed by atoms with Crippen molar-refractivity contribution in [2.45, 2.75) is 44.1 Å². The smallest absolute Gasteiger partial charge is 0.0858 e. The van der Waals surface area contributed by atoms with E-state index in [0.29, 0.717) is 5.92 Å². The van der Waals surface area contributed by atoms with Gasteiger partial charge in [0.05, 0.1) is 5.60 Å². The molecule has 0 aromatic carbocycles. The third-order valence-corrected chi connectivity index (χ3v) is 3.74. The highest BCUT2D eigenvalue weighted by Crippen LogP contribution is 2.51. The van der Waals surface area contributed by atoms with E-state index in [1.54, 1.807) is 6.08 Å². The van der Waals surface area contributed by atoms with E-state index in [-0.39, 0.29) is 0 Å². The molecular formula is C11H18O. The van der Waals surface area contributed by atoms with Crippen molar-refractivity contribution in [3.63, 3.8) is 0 Å². The van der Waals surface area contributed by atoms with E-state index in [2.05, 4.69) is 6.58 Å². The molecule has 2 aliphatic carbocycles. The molecule has 12 heavy (non-hydrogen) atoms. The molecule has 0 amide bonds. The zero-order valence-electron chi connectivity index (χ0n) is 7.63. The Balaban J connectivity index is 2.05. The van der Waals surface area contributed by atoms with Crippen molar-refractivity contribution in [3.8, 4) is 0 Å². The van der Waals surface area contributed by atoms with Gasteiger partial charge in [-0.2, -0.15) is 0 Å². The van der Waals surface area contributed by atoms with Crippen LogP contribution < -0.4 is 0 Å². The zero-order chi connectivity index (χ0) is 8.60. The predicted molar refractivity (Wildman–Crippen MR) is 49.8 cm³/mol.